The predicted octanol–water partition coefficient (Wildman–Crippen LogP) is 3.39. The van der Waals surface area contributed by atoms with E-state index in [4.69, 9.17) is 23.2 Å². The second-order valence-corrected chi connectivity index (χ2v) is 10.1. The number of amidine groups is 1. The summed E-state index contributed by atoms with van der Waals surface area (Å²) in [6.07, 6.45) is 1.08. The van der Waals surface area contributed by atoms with E-state index >= 15 is 0 Å². The zero-order chi connectivity index (χ0) is 17.5. The number of carbonyl (C=O) groups is 1. The molecule has 0 radical (unpaired) electrons. The number of nitrogens with zero attached hydrogens (tertiary/aromatic N) is 2. The fourth-order valence-corrected chi connectivity index (χ4v) is 7.37. The Morgan fingerprint density at radius 2 is 1.96 bits per heavy atom. The monoisotopic (exact) mass is 406 g/mol. The SMILES string of the molecule is CCCC(=O)N=C1S[C@@H]2CS(=O)(=O)C[C@@H]2N1c1cc(Cl)cc(Cl)c1. The molecule has 5 nitrogen and oxygen atoms in total. The Kier molecular flexibility index (Phi) is 5.16. The Morgan fingerprint density at radius 3 is 2.58 bits per heavy atom. The number of fused-ring (bicyclic) bond motifs is 1. The minimum atomic E-state index is -3.10. The quantitative estimate of drug-likeness (QED) is 0.769. The molecule has 2 heterocycles. The first-order valence-electron chi connectivity index (χ1n) is 7.53. The van der Waals surface area contributed by atoms with Crippen molar-refractivity contribution in [2.24, 2.45) is 4.99 Å². The highest BCUT2D eigenvalue weighted by molar-refractivity contribution is 8.16. The number of amides is 1. The summed E-state index contributed by atoms with van der Waals surface area (Å²) in [4.78, 5) is 18.0. The van der Waals surface area contributed by atoms with Crippen LogP contribution in [-0.4, -0.2) is 42.3 Å². The molecule has 24 heavy (non-hydrogen) atoms. The van der Waals surface area contributed by atoms with Gasteiger partial charge in [-0.3, -0.25) is 4.79 Å². The van der Waals surface area contributed by atoms with Crippen LogP contribution in [-0.2, 0) is 14.6 Å². The first-order valence-corrected chi connectivity index (χ1v) is 11.0. The van der Waals surface area contributed by atoms with Crippen LogP contribution in [0, 0.1) is 0 Å². The summed E-state index contributed by atoms with van der Waals surface area (Å²) < 4.78 is 24.0. The van der Waals surface area contributed by atoms with E-state index in [0.717, 1.165) is 0 Å². The number of hydrogen-bond donors (Lipinski definition) is 0. The lowest BCUT2D eigenvalue weighted by Gasteiger charge is -2.24. The van der Waals surface area contributed by atoms with Crippen molar-refractivity contribution in [3.8, 4) is 0 Å². The summed E-state index contributed by atoms with van der Waals surface area (Å²) in [5.41, 5.74) is 0.660. The van der Waals surface area contributed by atoms with E-state index in [2.05, 4.69) is 4.99 Å². The first kappa shape index (κ1) is 18.0. The van der Waals surface area contributed by atoms with Crippen molar-refractivity contribution >= 4 is 61.6 Å². The molecule has 2 saturated heterocycles. The topological polar surface area (TPSA) is 66.8 Å². The van der Waals surface area contributed by atoms with Crippen molar-refractivity contribution < 1.29 is 13.2 Å². The highest BCUT2D eigenvalue weighted by Crippen LogP contribution is 2.42. The molecule has 1 aromatic rings. The minimum absolute atomic E-state index is 0.0375. The van der Waals surface area contributed by atoms with Gasteiger partial charge >= 0.3 is 0 Å². The second-order valence-electron chi connectivity index (χ2n) is 5.84. The van der Waals surface area contributed by atoms with Crippen LogP contribution in [0.2, 0.25) is 10.0 Å². The van der Waals surface area contributed by atoms with E-state index < -0.39 is 9.84 Å². The van der Waals surface area contributed by atoms with Gasteiger partial charge in [0.1, 0.15) is 0 Å². The molecule has 0 N–H and O–H groups in total. The van der Waals surface area contributed by atoms with Gasteiger partial charge < -0.3 is 4.90 Å². The number of carbonyl (C=O) groups excluding carboxylic acids is 1. The van der Waals surface area contributed by atoms with Crippen molar-refractivity contribution in [3.05, 3.63) is 28.2 Å². The number of halogens is 2. The highest BCUT2D eigenvalue weighted by atomic mass is 35.5. The van der Waals surface area contributed by atoms with E-state index in [1.165, 1.54) is 11.8 Å². The lowest BCUT2D eigenvalue weighted by atomic mass is 10.2. The van der Waals surface area contributed by atoms with Gasteiger partial charge in [0.25, 0.3) is 0 Å². The third kappa shape index (κ3) is 3.74. The van der Waals surface area contributed by atoms with Crippen molar-refractivity contribution in [1.82, 2.24) is 0 Å². The third-order valence-electron chi connectivity index (χ3n) is 3.88. The average molecular weight is 407 g/mol. The molecule has 1 amide bonds. The Hall–Kier alpha value is -0.760. The normalized spacial score (nSPS) is 26.8. The maximum absolute atomic E-state index is 12.0. The Morgan fingerprint density at radius 1 is 1.29 bits per heavy atom. The molecular weight excluding hydrogens is 391 g/mol. The summed E-state index contributed by atoms with van der Waals surface area (Å²) in [7, 11) is -3.10. The molecule has 1 aromatic carbocycles. The maximum Gasteiger partial charge on any atom is 0.248 e. The number of aliphatic imine (C=N–C) groups is 1. The van der Waals surface area contributed by atoms with Gasteiger partial charge in [-0.25, -0.2) is 8.42 Å². The van der Waals surface area contributed by atoms with E-state index in [0.29, 0.717) is 33.7 Å². The molecule has 2 aliphatic rings. The van der Waals surface area contributed by atoms with Crippen LogP contribution in [0.1, 0.15) is 19.8 Å². The van der Waals surface area contributed by atoms with Gasteiger partial charge in [-0.05, 0) is 24.6 Å². The van der Waals surface area contributed by atoms with Gasteiger partial charge in [0.2, 0.25) is 5.91 Å². The van der Waals surface area contributed by atoms with E-state index in [1.807, 2.05) is 6.92 Å². The Bertz CT molecular complexity index is 791. The first-order chi connectivity index (χ1) is 11.3. The zero-order valence-corrected chi connectivity index (χ0v) is 16.1. The number of anilines is 1. The Balaban J connectivity index is 2.02. The molecule has 0 spiro atoms. The molecule has 0 aromatic heterocycles. The van der Waals surface area contributed by atoms with Crippen LogP contribution >= 0.6 is 35.0 Å². The summed E-state index contributed by atoms with van der Waals surface area (Å²) in [5.74, 6) is -0.0786. The second kappa shape index (κ2) is 6.86. The third-order valence-corrected chi connectivity index (χ3v) is 7.52. The average Bonchev–Trinajstić information content (AvgIpc) is 2.88. The van der Waals surface area contributed by atoms with Crippen LogP contribution in [0.15, 0.2) is 23.2 Å². The van der Waals surface area contributed by atoms with Crippen LogP contribution in [0.3, 0.4) is 0 Å². The van der Waals surface area contributed by atoms with E-state index in [9.17, 15) is 13.2 Å². The standard InChI is InChI=1S/C15H16Cl2N2O3S2/c1-2-3-14(20)18-15-19(11-5-9(16)4-10(17)6-11)12-7-24(21,22)8-13(12)23-15/h4-6,12-13H,2-3,7-8H2,1H3/t12-,13+/m0/s1. The van der Waals surface area contributed by atoms with E-state index in [-0.39, 0.29) is 28.7 Å². The van der Waals surface area contributed by atoms with Gasteiger partial charge in [0, 0.05) is 27.4 Å². The summed E-state index contributed by atoms with van der Waals surface area (Å²) in [5, 5.41) is 1.29. The molecule has 0 saturated carbocycles. The van der Waals surface area contributed by atoms with Gasteiger partial charge in [-0.2, -0.15) is 4.99 Å². The molecule has 0 unspecified atom stereocenters. The zero-order valence-electron chi connectivity index (χ0n) is 12.9. The molecule has 2 atom stereocenters. The van der Waals surface area contributed by atoms with Crippen LogP contribution < -0.4 is 4.90 Å². The number of rotatable bonds is 3. The van der Waals surface area contributed by atoms with Crippen LogP contribution in [0.25, 0.3) is 0 Å². The summed E-state index contributed by atoms with van der Waals surface area (Å²) in [6, 6.07) is 4.77. The van der Waals surface area contributed by atoms with Crippen molar-refractivity contribution in [1.29, 1.82) is 0 Å². The number of benzene rings is 1. The van der Waals surface area contributed by atoms with Gasteiger partial charge in [0.05, 0.1) is 17.5 Å². The molecule has 3 rings (SSSR count). The van der Waals surface area contributed by atoms with E-state index in [1.54, 1.807) is 23.1 Å². The van der Waals surface area contributed by atoms with Crippen molar-refractivity contribution in [2.75, 3.05) is 16.4 Å². The van der Waals surface area contributed by atoms with Gasteiger partial charge in [0.15, 0.2) is 15.0 Å². The summed E-state index contributed by atoms with van der Waals surface area (Å²) in [6.45, 7) is 1.91. The number of hydrogen-bond acceptors (Lipinski definition) is 4. The molecule has 0 aliphatic carbocycles. The van der Waals surface area contributed by atoms with Crippen LogP contribution in [0.4, 0.5) is 5.69 Å². The van der Waals surface area contributed by atoms with Crippen molar-refractivity contribution in [3.63, 3.8) is 0 Å². The molecule has 130 valence electrons. The van der Waals surface area contributed by atoms with Crippen LogP contribution in [0.5, 0.6) is 0 Å². The Labute approximate surface area is 155 Å². The van der Waals surface area contributed by atoms with Crippen molar-refractivity contribution in [2.45, 2.75) is 31.1 Å². The number of thioether (sulfide) groups is 1. The smallest absolute Gasteiger partial charge is 0.248 e. The molecular formula is C15H16Cl2N2O3S2. The summed E-state index contributed by atoms with van der Waals surface area (Å²) >= 11 is 13.5. The largest absolute Gasteiger partial charge is 0.315 e. The molecule has 0 bridgehead atoms. The lowest BCUT2D eigenvalue weighted by Crippen LogP contribution is -2.37. The highest BCUT2D eigenvalue weighted by Gasteiger charge is 2.49. The fraction of sp³-hybridized carbons (Fsp3) is 0.467. The van der Waals surface area contributed by atoms with Gasteiger partial charge in [-0.1, -0.05) is 41.9 Å². The predicted molar refractivity (Wildman–Crippen MR) is 100 cm³/mol. The molecule has 2 fully saturated rings. The molecule has 2 aliphatic heterocycles. The minimum Gasteiger partial charge on any atom is -0.315 e. The maximum atomic E-state index is 12.0. The lowest BCUT2D eigenvalue weighted by molar-refractivity contribution is -0.117. The molecule has 9 heteroatoms. The fourth-order valence-electron chi connectivity index (χ4n) is 2.92. The number of sulfone groups is 1. The van der Waals surface area contributed by atoms with Gasteiger partial charge in [-0.15, -0.1) is 0 Å².